The predicted molar refractivity (Wildman–Crippen MR) is 187 cm³/mol. The third-order valence-electron chi connectivity index (χ3n) is 7.06. The first-order valence-corrected chi connectivity index (χ1v) is 22.2. The Balaban J connectivity index is 0.00000465. The van der Waals surface area contributed by atoms with Crippen molar-refractivity contribution in [3.63, 3.8) is 0 Å². The maximum Gasteiger partial charge on any atom is 1.00 e. The van der Waals surface area contributed by atoms with Crippen molar-refractivity contribution in [2.75, 3.05) is 23.0 Å². The number of benzene rings is 4. The number of rotatable bonds is 14. The molecule has 0 amide bonds. The van der Waals surface area contributed by atoms with Crippen LogP contribution in [0.15, 0.2) is 90.5 Å². The standard InChI is InChI=1S/C27H22ClN7O17S5.4Na/c28-25-31-26(29-14-1-3-15(4-2-14)54(40,41)42)33-27(32-25)30-19-11-17(55(43,44)45)9-13-10-21(56(46,47)48)23(24(37)22(13)19)35-34-18-6-5-16(12-20(18)36)53(38,39)8-7-52-57(49,50)51;;;;/h1-6,9-12,36-37H,7-8H2,(H,40,41,42)(H,43,44,45)(H,46,47,48)(H,49,50,51)(H2,29,30,31,32,33);;;;/q;4*+1/p-4. The third kappa shape index (κ3) is 15.4. The monoisotopic (exact) mass is 999 g/mol. The van der Waals surface area contributed by atoms with Gasteiger partial charge in [0.2, 0.25) is 17.2 Å². The molecule has 0 unspecified atom stereocenters. The number of nitrogens with one attached hydrogen (secondary N) is 2. The topological polar surface area (TPSA) is 400 Å². The van der Waals surface area contributed by atoms with Gasteiger partial charge in [-0.25, -0.2) is 29.4 Å². The van der Waals surface area contributed by atoms with Gasteiger partial charge in [-0.3, -0.25) is 9.11 Å². The average molecular weight is 1000 g/mol. The van der Waals surface area contributed by atoms with Crippen molar-refractivity contribution in [2.24, 2.45) is 10.2 Å². The summed E-state index contributed by atoms with van der Waals surface area (Å²) < 4.78 is 164. The van der Waals surface area contributed by atoms with E-state index >= 15 is 0 Å². The number of sulfone groups is 1. The van der Waals surface area contributed by atoms with E-state index in [2.05, 4.69) is 40.0 Å². The molecule has 0 spiro atoms. The molecular weight excluding hydrogens is 982 g/mol. The van der Waals surface area contributed by atoms with Crippen molar-refractivity contribution in [2.45, 2.75) is 19.6 Å². The molecule has 0 radical (unpaired) electrons. The summed E-state index contributed by atoms with van der Waals surface area (Å²) in [6.07, 6.45) is 0. The fourth-order valence-electron chi connectivity index (χ4n) is 4.64. The van der Waals surface area contributed by atoms with Crippen molar-refractivity contribution in [3.8, 4) is 11.5 Å². The van der Waals surface area contributed by atoms with Crippen LogP contribution in [0.3, 0.4) is 0 Å². The molecule has 24 nitrogen and oxygen atoms in total. The molecular formula is C27H18ClN7Na4O17S5. The summed E-state index contributed by atoms with van der Waals surface area (Å²) in [6.45, 7) is -1.02. The summed E-state index contributed by atoms with van der Waals surface area (Å²) in [5.74, 6) is -4.50. The van der Waals surface area contributed by atoms with E-state index in [9.17, 15) is 66.0 Å². The summed E-state index contributed by atoms with van der Waals surface area (Å²) in [4.78, 5) is 8.08. The fourth-order valence-corrected chi connectivity index (χ4v) is 7.95. The van der Waals surface area contributed by atoms with Gasteiger partial charge in [-0.1, -0.05) is 11.5 Å². The van der Waals surface area contributed by atoms with Gasteiger partial charge in [0, 0.05) is 11.4 Å². The van der Waals surface area contributed by atoms with E-state index in [0.29, 0.717) is 24.3 Å². The summed E-state index contributed by atoms with van der Waals surface area (Å²) in [5, 5.41) is 37.0. The number of anilines is 4. The summed E-state index contributed by atoms with van der Waals surface area (Å²) in [6, 6.07) is 8.12. The van der Waals surface area contributed by atoms with E-state index in [0.717, 1.165) is 36.4 Å². The number of nitrogens with zero attached hydrogens (tertiary/aromatic N) is 5. The molecule has 1 heterocycles. The van der Waals surface area contributed by atoms with Gasteiger partial charge in [-0.2, -0.15) is 36.9 Å². The maximum atomic E-state index is 13.9. The molecule has 34 heteroatoms. The Morgan fingerprint density at radius 2 is 1.25 bits per heavy atom. The number of azo groups is 1. The molecule has 61 heavy (non-hydrogen) atoms. The minimum absolute atomic E-state index is 0. The van der Waals surface area contributed by atoms with E-state index in [1.54, 1.807) is 0 Å². The van der Waals surface area contributed by atoms with Gasteiger partial charge >= 0.3 is 129 Å². The van der Waals surface area contributed by atoms with E-state index in [4.69, 9.17) is 16.2 Å². The zero-order valence-corrected chi connectivity index (χ0v) is 44.2. The van der Waals surface area contributed by atoms with Crippen LogP contribution in [0, 0.1) is 0 Å². The molecule has 0 saturated heterocycles. The van der Waals surface area contributed by atoms with Gasteiger partial charge in [0.25, 0.3) is 10.1 Å². The Morgan fingerprint density at radius 1 is 0.689 bits per heavy atom. The van der Waals surface area contributed by atoms with Crippen LogP contribution in [0.5, 0.6) is 11.5 Å². The molecule has 0 saturated carbocycles. The van der Waals surface area contributed by atoms with Gasteiger partial charge in [0.05, 0.1) is 38.4 Å². The second kappa shape index (κ2) is 22.3. The van der Waals surface area contributed by atoms with Crippen LogP contribution >= 0.6 is 11.6 Å². The van der Waals surface area contributed by atoms with E-state index in [-0.39, 0.29) is 130 Å². The summed E-state index contributed by atoms with van der Waals surface area (Å²) >= 11 is 6.01. The molecule has 0 atom stereocenters. The number of fused-ring (bicyclic) bond motifs is 1. The zero-order chi connectivity index (χ0) is 42.3. The fraction of sp³-hybridized carbons (Fsp3) is 0.0741. The maximum absolute atomic E-state index is 13.9. The van der Waals surface area contributed by atoms with E-state index in [1.165, 1.54) is 0 Å². The Bertz CT molecular complexity index is 3060. The minimum atomic E-state index is -5.42. The normalized spacial score (nSPS) is 12.1. The largest absolute Gasteiger partial charge is 1.00 e. The first kappa shape index (κ1) is 57.8. The van der Waals surface area contributed by atoms with Crippen LogP contribution in [0.25, 0.3) is 10.8 Å². The van der Waals surface area contributed by atoms with Crippen LogP contribution < -0.4 is 139 Å². The average Bonchev–Trinajstić information content (AvgIpc) is 3.06. The Kier molecular flexibility index (Phi) is 21.2. The Hall–Kier alpha value is -1.21. The predicted octanol–water partition coefficient (Wildman–Crippen LogP) is -10.6. The van der Waals surface area contributed by atoms with Crippen molar-refractivity contribution < 1.29 is 193 Å². The minimum Gasteiger partial charge on any atom is -0.871 e. The summed E-state index contributed by atoms with van der Waals surface area (Å²) in [7, 11) is -24.9. The molecule has 4 N–H and O–H groups in total. The molecule has 4 aromatic carbocycles. The van der Waals surface area contributed by atoms with E-state index < -0.39 is 133 Å². The molecule has 1 aromatic heterocycles. The van der Waals surface area contributed by atoms with Gasteiger partial charge < -0.3 is 30.0 Å². The second-order valence-corrected chi connectivity index (χ2v) is 18.6. The Morgan fingerprint density at radius 3 is 1.77 bits per heavy atom. The second-order valence-electron chi connectivity index (χ2n) is 10.9. The zero-order valence-electron chi connectivity index (χ0n) is 31.4. The first-order valence-electron chi connectivity index (χ1n) is 14.6. The molecule has 0 aliphatic carbocycles. The molecule has 304 valence electrons. The summed E-state index contributed by atoms with van der Waals surface area (Å²) in [5.41, 5.74) is -2.35. The molecule has 0 aliphatic heterocycles. The van der Waals surface area contributed by atoms with Gasteiger partial charge in [-0.15, -0.1) is 5.11 Å². The third-order valence-corrected chi connectivity index (χ3v) is 11.9. The quantitative estimate of drug-likeness (QED) is 0.0456. The van der Waals surface area contributed by atoms with Crippen molar-refractivity contribution in [1.29, 1.82) is 0 Å². The van der Waals surface area contributed by atoms with Crippen molar-refractivity contribution in [3.05, 3.63) is 65.9 Å². The van der Waals surface area contributed by atoms with Crippen molar-refractivity contribution >= 4 is 108 Å². The molecule has 0 aliphatic rings. The van der Waals surface area contributed by atoms with Gasteiger partial charge in [0.15, 0.2) is 9.84 Å². The van der Waals surface area contributed by atoms with Crippen LogP contribution in [0.4, 0.5) is 34.6 Å². The molecule has 5 aromatic rings. The van der Waals surface area contributed by atoms with Crippen LogP contribution in [-0.2, 0) is 54.8 Å². The molecule has 0 fully saturated rings. The molecule has 5 rings (SSSR count). The Labute approximate surface area is 439 Å². The number of aromatic nitrogens is 3. The van der Waals surface area contributed by atoms with Crippen LogP contribution in [0.1, 0.15) is 0 Å². The number of hydrogen-bond donors (Lipinski definition) is 4. The van der Waals surface area contributed by atoms with Gasteiger partial charge in [-0.05, 0) is 83.0 Å². The number of halogens is 1. The number of hydrogen-bond acceptors (Lipinski definition) is 22. The smallest absolute Gasteiger partial charge is 0.871 e. The van der Waals surface area contributed by atoms with Crippen LogP contribution in [0.2, 0.25) is 5.28 Å². The first-order chi connectivity index (χ1) is 26.2. The van der Waals surface area contributed by atoms with E-state index in [1.807, 2.05) is 0 Å². The molecule has 0 bridgehead atoms. The van der Waals surface area contributed by atoms with Crippen molar-refractivity contribution in [1.82, 2.24) is 15.0 Å². The van der Waals surface area contributed by atoms with Crippen LogP contribution in [-0.4, -0.2) is 87.6 Å². The van der Waals surface area contributed by atoms with Gasteiger partial charge in [0.1, 0.15) is 25.1 Å². The SMILES string of the molecule is O=S(=O)(O)OCCS(=O)(=O)c1ccc(N=Nc2c(S(=O)(=O)O)cc3cc(S(=O)(=O)[O-])cc(Nc4nc(Cl)nc(Nc5ccc(S(=O)(=O)[O-])cc5)n4)c3c2[O-])c([O-])c1.[Na+].[Na+].[Na+].[Na+].